The van der Waals surface area contributed by atoms with Crippen molar-refractivity contribution in [3.05, 3.63) is 58.8 Å². The van der Waals surface area contributed by atoms with Gasteiger partial charge in [0.15, 0.2) is 6.61 Å². The number of nitrogens with zero attached hydrogens (tertiary/aromatic N) is 2. The summed E-state index contributed by atoms with van der Waals surface area (Å²) < 4.78 is 20.0. The smallest absolute Gasteiger partial charge is 0.336 e. The number of methoxy groups -OCH3 is 2. The van der Waals surface area contributed by atoms with Gasteiger partial charge in [-0.25, -0.2) is 9.59 Å². The second-order valence-corrected chi connectivity index (χ2v) is 6.60. The summed E-state index contributed by atoms with van der Waals surface area (Å²) in [7, 11) is 2.36. The Morgan fingerprint density at radius 2 is 1.58 bits per heavy atom. The minimum Gasteiger partial charge on any atom is -0.466 e. The van der Waals surface area contributed by atoms with E-state index in [1.54, 1.807) is 13.8 Å². The van der Waals surface area contributed by atoms with Gasteiger partial charge in [-0.15, -0.1) is 0 Å². The predicted molar refractivity (Wildman–Crippen MR) is 106 cm³/mol. The Kier molecular flexibility index (Phi) is 6.49. The van der Waals surface area contributed by atoms with Gasteiger partial charge in [-0.2, -0.15) is 4.98 Å². The summed E-state index contributed by atoms with van der Waals surface area (Å²) in [6.07, 6.45) is 0. The van der Waals surface area contributed by atoms with Crippen molar-refractivity contribution in [2.45, 2.75) is 20.5 Å². The van der Waals surface area contributed by atoms with Crippen molar-refractivity contribution in [1.82, 2.24) is 15.5 Å². The second kappa shape index (κ2) is 9.24. The highest BCUT2D eigenvalue weighted by molar-refractivity contribution is 6.05. The van der Waals surface area contributed by atoms with Crippen LogP contribution in [0.2, 0.25) is 0 Å². The third-order valence-electron chi connectivity index (χ3n) is 4.64. The zero-order valence-electron chi connectivity index (χ0n) is 17.4. The van der Waals surface area contributed by atoms with Crippen LogP contribution in [-0.4, -0.2) is 42.3 Å². The summed E-state index contributed by atoms with van der Waals surface area (Å²) in [5.74, 6) is -3.35. The quantitative estimate of drug-likeness (QED) is 0.539. The van der Waals surface area contributed by atoms with Crippen LogP contribution in [0.3, 0.4) is 0 Å². The molecule has 1 aromatic heterocycles. The number of hydrogen-bond acceptors (Lipinski definition) is 10. The Balaban J connectivity index is 1.84. The lowest BCUT2D eigenvalue weighted by Crippen LogP contribution is -2.37. The van der Waals surface area contributed by atoms with E-state index in [0.717, 1.165) is 5.56 Å². The van der Waals surface area contributed by atoms with E-state index in [0.29, 0.717) is 17.2 Å². The van der Waals surface area contributed by atoms with Crippen LogP contribution in [0.15, 0.2) is 57.4 Å². The number of ether oxygens (including phenoxy) is 3. The van der Waals surface area contributed by atoms with Crippen LogP contribution in [0.4, 0.5) is 0 Å². The first kappa shape index (κ1) is 21.8. The van der Waals surface area contributed by atoms with E-state index < -0.39 is 23.8 Å². The number of benzene rings is 1. The van der Waals surface area contributed by atoms with Crippen molar-refractivity contribution in [2.75, 3.05) is 14.2 Å². The van der Waals surface area contributed by atoms with Gasteiger partial charge in [-0.05, 0) is 13.8 Å². The first-order valence-corrected chi connectivity index (χ1v) is 9.27. The maximum Gasteiger partial charge on any atom is 0.336 e. The van der Waals surface area contributed by atoms with E-state index in [4.69, 9.17) is 18.7 Å². The lowest BCUT2D eigenvalue weighted by Gasteiger charge is -2.28. The fraction of sp³-hybridized carbons (Fsp3) is 0.286. The highest BCUT2D eigenvalue weighted by atomic mass is 16.6. The summed E-state index contributed by atoms with van der Waals surface area (Å²) >= 11 is 0. The molecule has 0 fully saturated rings. The number of aromatic nitrogens is 2. The number of carbonyl (C=O) groups excluding carboxylic acids is 3. The predicted octanol–water partition coefficient (Wildman–Crippen LogP) is 1.89. The van der Waals surface area contributed by atoms with Crippen molar-refractivity contribution >= 4 is 17.9 Å². The number of dihydropyridines is 1. The van der Waals surface area contributed by atoms with Crippen molar-refractivity contribution in [2.24, 2.45) is 5.92 Å². The van der Waals surface area contributed by atoms with Crippen LogP contribution < -0.4 is 5.32 Å². The first-order valence-electron chi connectivity index (χ1n) is 9.27. The molecule has 0 spiro atoms. The van der Waals surface area contributed by atoms with Gasteiger partial charge in [0.25, 0.3) is 5.89 Å². The fourth-order valence-corrected chi connectivity index (χ4v) is 3.22. The van der Waals surface area contributed by atoms with Crippen LogP contribution in [-0.2, 0) is 35.2 Å². The first-order chi connectivity index (χ1) is 14.9. The molecular formula is C21H21N3O7. The number of nitrogens with one attached hydrogen (secondary N) is 1. The molecule has 1 aliphatic heterocycles. The van der Waals surface area contributed by atoms with Crippen LogP contribution in [0.25, 0.3) is 11.4 Å². The minimum atomic E-state index is -1.34. The molecule has 1 N–H and O–H groups in total. The third-order valence-corrected chi connectivity index (χ3v) is 4.64. The van der Waals surface area contributed by atoms with Gasteiger partial charge >= 0.3 is 17.9 Å². The largest absolute Gasteiger partial charge is 0.466 e. The Morgan fingerprint density at radius 3 is 2.13 bits per heavy atom. The molecule has 162 valence electrons. The monoisotopic (exact) mass is 427 g/mol. The Hall–Kier alpha value is -3.95. The maximum absolute atomic E-state index is 13.0. The summed E-state index contributed by atoms with van der Waals surface area (Å²) in [5.41, 5.74) is 1.37. The maximum atomic E-state index is 13.0. The van der Waals surface area contributed by atoms with Gasteiger partial charge < -0.3 is 24.1 Å². The van der Waals surface area contributed by atoms with Gasteiger partial charge in [0.05, 0.1) is 25.4 Å². The van der Waals surface area contributed by atoms with Crippen LogP contribution in [0.1, 0.15) is 19.7 Å². The molecule has 2 heterocycles. The number of rotatable bonds is 6. The molecule has 0 amide bonds. The molecule has 1 aliphatic rings. The Morgan fingerprint density at radius 1 is 1.00 bits per heavy atom. The van der Waals surface area contributed by atoms with Crippen molar-refractivity contribution in [3.8, 4) is 11.4 Å². The van der Waals surface area contributed by atoms with E-state index in [1.807, 2.05) is 30.3 Å². The molecule has 0 bridgehead atoms. The molecule has 3 rings (SSSR count). The molecule has 2 aromatic rings. The molecule has 0 radical (unpaired) electrons. The zero-order valence-corrected chi connectivity index (χ0v) is 17.4. The summed E-state index contributed by atoms with van der Waals surface area (Å²) in [5, 5.41) is 6.76. The lowest BCUT2D eigenvalue weighted by molar-refractivity contribution is -0.152. The highest BCUT2D eigenvalue weighted by Crippen LogP contribution is 2.32. The van der Waals surface area contributed by atoms with Gasteiger partial charge in [-0.1, -0.05) is 35.5 Å². The van der Waals surface area contributed by atoms with Gasteiger partial charge in [0, 0.05) is 17.0 Å². The van der Waals surface area contributed by atoms with Crippen molar-refractivity contribution in [1.29, 1.82) is 0 Å². The van der Waals surface area contributed by atoms with Gasteiger partial charge in [0.2, 0.25) is 5.82 Å². The molecule has 0 aliphatic carbocycles. The molecule has 0 saturated heterocycles. The van der Waals surface area contributed by atoms with Crippen LogP contribution in [0.5, 0.6) is 0 Å². The van der Waals surface area contributed by atoms with E-state index in [2.05, 4.69) is 15.5 Å². The standard InChI is InChI=1S/C21H21N3O7/c1-11-15(19(25)28-3)17(16(12(2)22-11)20(26)29-4)21(27)30-10-14-23-18(24-31-14)13-8-6-5-7-9-13/h5-9,17,22H,10H2,1-4H3. The minimum absolute atomic E-state index is 0.0472. The molecule has 0 saturated carbocycles. The van der Waals surface area contributed by atoms with E-state index in [-0.39, 0.29) is 23.6 Å². The van der Waals surface area contributed by atoms with Crippen LogP contribution in [0, 0.1) is 5.92 Å². The number of hydrogen-bond donors (Lipinski definition) is 1. The van der Waals surface area contributed by atoms with Gasteiger partial charge in [0.1, 0.15) is 5.92 Å². The molecular weight excluding hydrogens is 406 g/mol. The Labute approximate surface area is 177 Å². The Bertz CT molecular complexity index is 1030. The number of esters is 3. The highest BCUT2D eigenvalue weighted by Gasteiger charge is 2.42. The molecule has 0 atom stereocenters. The molecule has 0 unspecified atom stereocenters. The van der Waals surface area contributed by atoms with Gasteiger partial charge in [-0.3, -0.25) is 4.79 Å². The van der Waals surface area contributed by atoms with Crippen LogP contribution >= 0.6 is 0 Å². The van der Waals surface area contributed by atoms with E-state index in [9.17, 15) is 14.4 Å². The molecule has 10 heteroatoms. The average Bonchev–Trinajstić information content (AvgIpc) is 3.25. The van der Waals surface area contributed by atoms with Crippen molar-refractivity contribution in [3.63, 3.8) is 0 Å². The second-order valence-electron chi connectivity index (χ2n) is 6.60. The van der Waals surface area contributed by atoms with Crippen molar-refractivity contribution < 1.29 is 33.1 Å². The lowest BCUT2D eigenvalue weighted by atomic mass is 9.85. The normalized spacial score (nSPS) is 14.2. The SMILES string of the molecule is COC(=O)C1=C(C)NC(C)=C(C(=O)OC)C1C(=O)OCc1nc(-c2ccccc2)no1. The zero-order chi connectivity index (χ0) is 22.5. The summed E-state index contributed by atoms with van der Waals surface area (Å²) in [6.45, 7) is 2.84. The summed E-state index contributed by atoms with van der Waals surface area (Å²) in [6, 6.07) is 9.13. The van der Waals surface area contributed by atoms with E-state index in [1.165, 1.54) is 14.2 Å². The molecule has 1 aromatic carbocycles. The molecule has 31 heavy (non-hydrogen) atoms. The number of carbonyl (C=O) groups is 3. The number of allylic oxidation sites excluding steroid dienone is 2. The average molecular weight is 427 g/mol. The molecule has 10 nitrogen and oxygen atoms in total. The topological polar surface area (TPSA) is 130 Å². The fourth-order valence-electron chi connectivity index (χ4n) is 3.22. The van der Waals surface area contributed by atoms with E-state index >= 15 is 0 Å². The third kappa shape index (κ3) is 4.47. The summed E-state index contributed by atoms with van der Waals surface area (Å²) in [4.78, 5) is 41.9.